The highest BCUT2D eigenvalue weighted by atomic mass is 16.5. The highest BCUT2D eigenvalue weighted by molar-refractivity contribution is 6.12. The van der Waals surface area contributed by atoms with Gasteiger partial charge in [0.05, 0.1) is 12.7 Å². The summed E-state index contributed by atoms with van der Waals surface area (Å²) in [5, 5.41) is 0. The summed E-state index contributed by atoms with van der Waals surface area (Å²) in [6.45, 7) is 0. The number of ketones is 1. The minimum atomic E-state index is -0.886. The first-order chi connectivity index (χ1) is 9.70. The van der Waals surface area contributed by atoms with Gasteiger partial charge < -0.3 is 9.47 Å². The minimum Gasteiger partial charge on any atom is -0.497 e. The third kappa shape index (κ3) is 1.95. The zero-order valence-corrected chi connectivity index (χ0v) is 10.8. The Morgan fingerprint density at radius 2 is 1.60 bits per heavy atom. The van der Waals surface area contributed by atoms with Crippen LogP contribution in [0.3, 0.4) is 0 Å². The van der Waals surface area contributed by atoms with E-state index in [0.29, 0.717) is 22.4 Å². The van der Waals surface area contributed by atoms with Crippen molar-refractivity contribution in [3.8, 4) is 5.75 Å². The normalized spacial score (nSPS) is 17.4. The third-order valence-corrected chi connectivity index (χ3v) is 3.29. The Bertz CT molecular complexity index is 673. The number of carbonyl (C=O) groups excluding carboxylic acids is 2. The van der Waals surface area contributed by atoms with Crippen molar-refractivity contribution in [2.45, 2.75) is 6.10 Å². The topological polar surface area (TPSA) is 52.6 Å². The van der Waals surface area contributed by atoms with Gasteiger partial charge in [-0.3, -0.25) is 4.79 Å². The lowest BCUT2D eigenvalue weighted by Gasteiger charge is -2.23. The molecule has 0 spiro atoms. The van der Waals surface area contributed by atoms with Gasteiger partial charge >= 0.3 is 5.97 Å². The zero-order chi connectivity index (χ0) is 14.1. The second kappa shape index (κ2) is 4.81. The Balaban J connectivity index is 2.00. The summed E-state index contributed by atoms with van der Waals surface area (Å²) in [5.74, 6) is 0.00937. The molecule has 1 atom stereocenters. The number of hydrogen-bond donors (Lipinski definition) is 0. The lowest BCUT2D eigenvalue weighted by molar-refractivity contribution is 0.0242. The molecule has 3 rings (SSSR count). The fourth-order valence-electron chi connectivity index (χ4n) is 2.24. The third-order valence-electron chi connectivity index (χ3n) is 3.29. The Morgan fingerprint density at radius 3 is 2.25 bits per heavy atom. The number of carbonyl (C=O) groups is 2. The van der Waals surface area contributed by atoms with Crippen LogP contribution in [0.25, 0.3) is 0 Å². The molecular formula is C16H12O4. The lowest BCUT2D eigenvalue weighted by atomic mass is 9.93. The van der Waals surface area contributed by atoms with Crippen molar-refractivity contribution in [3.05, 3.63) is 65.2 Å². The smallest absolute Gasteiger partial charge is 0.339 e. The van der Waals surface area contributed by atoms with Gasteiger partial charge in [0.2, 0.25) is 5.78 Å². The molecule has 0 saturated heterocycles. The van der Waals surface area contributed by atoms with E-state index in [0.717, 1.165) is 0 Å². The standard InChI is InChI=1S/C16H12O4/c1-19-11-8-6-10(7-9-11)15-14(17)12-4-2-3-5-13(12)16(18)20-15/h2-9,15H,1H3/t15-/m0/s1. The van der Waals surface area contributed by atoms with E-state index in [4.69, 9.17) is 9.47 Å². The summed E-state index contributed by atoms with van der Waals surface area (Å²) in [6, 6.07) is 13.6. The molecule has 0 aliphatic carbocycles. The number of rotatable bonds is 2. The average molecular weight is 268 g/mol. The maximum Gasteiger partial charge on any atom is 0.339 e. The predicted molar refractivity (Wildman–Crippen MR) is 71.9 cm³/mol. The van der Waals surface area contributed by atoms with E-state index in [9.17, 15) is 9.59 Å². The van der Waals surface area contributed by atoms with E-state index in [1.165, 1.54) is 0 Å². The Labute approximate surface area is 115 Å². The SMILES string of the molecule is COc1ccc([C@@H]2OC(=O)c3ccccc3C2=O)cc1. The number of esters is 1. The summed E-state index contributed by atoms with van der Waals surface area (Å²) in [5.41, 5.74) is 1.37. The molecule has 2 aromatic rings. The number of Topliss-reactive ketones (excluding diaryl/α,β-unsaturated/α-hetero) is 1. The van der Waals surface area contributed by atoms with Crippen LogP contribution in [0.1, 0.15) is 32.4 Å². The molecule has 0 aromatic heterocycles. The predicted octanol–water partition coefficient (Wildman–Crippen LogP) is 2.79. The first-order valence-electron chi connectivity index (χ1n) is 6.19. The second-order valence-electron chi connectivity index (χ2n) is 4.47. The maximum absolute atomic E-state index is 12.4. The Hall–Kier alpha value is -2.62. The molecule has 0 bridgehead atoms. The number of hydrogen-bond acceptors (Lipinski definition) is 4. The van der Waals surface area contributed by atoms with Gasteiger partial charge in [-0.2, -0.15) is 0 Å². The number of fused-ring (bicyclic) bond motifs is 1. The van der Waals surface area contributed by atoms with Gasteiger partial charge in [0.15, 0.2) is 6.10 Å². The van der Waals surface area contributed by atoms with E-state index in [1.807, 2.05) is 0 Å². The Morgan fingerprint density at radius 1 is 0.950 bits per heavy atom. The van der Waals surface area contributed by atoms with Crippen LogP contribution in [0, 0.1) is 0 Å². The summed E-state index contributed by atoms with van der Waals surface area (Å²) in [7, 11) is 1.57. The zero-order valence-electron chi connectivity index (χ0n) is 10.8. The lowest BCUT2D eigenvalue weighted by Crippen LogP contribution is -2.27. The molecule has 0 fully saturated rings. The van der Waals surface area contributed by atoms with Gasteiger partial charge in [-0.25, -0.2) is 4.79 Å². The van der Waals surface area contributed by atoms with Gasteiger partial charge in [0.25, 0.3) is 0 Å². The van der Waals surface area contributed by atoms with Crippen LogP contribution in [-0.4, -0.2) is 18.9 Å². The van der Waals surface area contributed by atoms with Crippen LogP contribution in [0.4, 0.5) is 0 Å². The Kier molecular flexibility index (Phi) is 2.99. The van der Waals surface area contributed by atoms with Crippen molar-refractivity contribution >= 4 is 11.8 Å². The van der Waals surface area contributed by atoms with Crippen molar-refractivity contribution in [1.29, 1.82) is 0 Å². The minimum absolute atomic E-state index is 0.203. The number of methoxy groups -OCH3 is 1. The van der Waals surface area contributed by atoms with E-state index >= 15 is 0 Å². The fraction of sp³-hybridized carbons (Fsp3) is 0.125. The monoisotopic (exact) mass is 268 g/mol. The van der Waals surface area contributed by atoms with Crippen molar-refractivity contribution in [2.75, 3.05) is 7.11 Å². The van der Waals surface area contributed by atoms with Crippen LogP contribution in [0.15, 0.2) is 48.5 Å². The quantitative estimate of drug-likeness (QED) is 0.786. The number of benzene rings is 2. The fourth-order valence-corrected chi connectivity index (χ4v) is 2.24. The second-order valence-corrected chi connectivity index (χ2v) is 4.47. The molecule has 1 heterocycles. The van der Waals surface area contributed by atoms with Gasteiger partial charge in [0.1, 0.15) is 5.75 Å². The summed E-state index contributed by atoms with van der Waals surface area (Å²) in [4.78, 5) is 24.3. The molecular weight excluding hydrogens is 256 g/mol. The molecule has 20 heavy (non-hydrogen) atoms. The number of ether oxygens (including phenoxy) is 2. The van der Waals surface area contributed by atoms with Gasteiger partial charge in [-0.05, 0) is 18.2 Å². The first kappa shape index (κ1) is 12.4. The van der Waals surface area contributed by atoms with E-state index in [1.54, 1.807) is 55.6 Å². The molecule has 2 aromatic carbocycles. The van der Waals surface area contributed by atoms with Crippen molar-refractivity contribution in [2.24, 2.45) is 0 Å². The molecule has 0 saturated carbocycles. The summed E-state index contributed by atoms with van der Waals surface area (Å²) >= 11 is 0. The van der Waals surface area contributed by atoms with Crippen molar-refractivity contribution < 1.29 is 19.1 Å². The molecule has 0 radical (unpaired) electrons. The molecule has 1 aliphatic rings. The highest BCUT2D eigenvalue weighted by Crippen LogP contribution is 2.31. The van der Waals surface area contributed by atoms with Crippen LogP contribution in [0.2, 0.25) is 0 Å². The molecule has 0 amide bonds. The molecule has 1 aliphatic heterocycles. The van der Waals surface area contributed by atoms with Gasteiger partial charge in [-0.15, -0.1) is 0 Å². The van der Waals surface area contributed by atoms with Crippen LogP contribution in [0.5, 0.6) is 5.75 Å². The molecule has 4 heteroatoms. The van der Waals surface area contributed by atoms with E-state index < -0.39 is 12.1 Å². The van der Waals surface area contributed by atoms with Gasteiger partial charge in [-0.1, -0.05) is 30.3 Å². The largest absolute Gasteiger partial charge is 0.497 e. The highest BCUT2D eigenvalue weighted by Gasteiger charge is 2.34. The molecule has 100 valence electrons. The van der Waals surface area contributed by atoms with Gasteiger partial charge in [0, 0.05) is 11.1 Å². The summed E-state index contributed by atoms with van der Waals surface area (Å²) in [6.07, 6.45) is -0.886. The van der Waals surface area contributed by atoms with Crippen LogP contribution >= 0.6 is 0 Å². The summed E-state index contributed by atoms with van der Waals surface area (Å²) < 4.78 is 10.3. The van der Waals surface area contributed by atoms with E-state index in [2.05, 4.69) is 0 Å². The van der Waals surface area contributed by atoms with E-state index in [-0.39, 0.29) is 5.78 Å². The molecule has 0 unspecified atom stereocenters. The van der Waals surface area contributed by atoms with Crippen molar-refractivity contribution in [3.63, 3.8) is 0 Å². The molecule has 0 N–H and O–H groups in total. The maximum atomic E-state index is 12.4. The van der Waals surface area contributed by atoms with Crippen molar-refractivity contribution in [1.82, 2.24) is 0 Å². The molecule has 4 nitrogen and oxygen atoms in total. The number of cyclic esters (lactones) is 1. The van der Waals surface area contributed by atoms with Crippen LogP contribution in [-0.2, 0) is 4.74 Å². The first-order valence-corrected chi connectivity index (χ1v) is 6.19. The van der Waals surface area contributed by atoms with Crippen LogP contribution < -0.4 is 4.74 Å². The average Bonchev–Trinajstić information content (AvgIpc) is 2.51.